The van der Waals surface area contributed by atoms with Gasteiger partial charge in [-0.1, -0.05) is 149 Å². The molecular weight excluding hydrogens is 711 g/mol. The van der Waals surface area contributed by atoms with Crippen LogP contribution in [0.4, 0.5) is 0 Å². The van der Waals surface area contributed by atoms with Crippen LogP contribution in [0.5, 0.6) is 0 Å². The summed E-state index contributed by atoms with van der Waals surface area (Å²) in [5.41, 5.74) is -0.984. The number of ether oxygens (including phenoxy) is 3. The van der Waals surface area contributed by atoms with E-state index in [-0.39, 0.29) is 24.0 Å². The van der Waals surface area contributed by atoms with Crippen molar-refractivity contribution < 1.29 is 28.6 Å². The molecule has 0 spiro atoms. The minimum atomic E-state index is -0.501. The van der Waals surface area contributed by atoms with Crippen molar-refractivity contribution in [3.05, 3.63) is 0 Å². The topological polar surface area (TPSA) is 82.1 Å². The smallest absolute Gasteiger partial charge is 0.311 e. The minimum Gasteiger partial charge on any atom is -0.465 e. The monoisotopic (exact) mass is 808 g/mol. The van der Waals surface area contributed by atoms with Gasteiger partial charge >= 0.3 is 17.9 Å². The average molecular weight is 808 g/mol. The molecule has 0 fully saturated rings. The molecule has 0 aromatic carbocycles. The highest BCUT2D eigenvalue weighted by Gasteiger charge is 2.30. The van der Waals surface area contributed by atoms with Crippen LogP contribution in [-0.2, 0) is 28.6 Å². The van der Waals surface area contributed by atoms with Crippen LogP contribution < -0.4 is 0 Å². The molecule has 338 valence electrons. The highest BCUT2D eigenvalue weighted by Crippen LogP contribution is 2.29. The summed E-state index contributed by atoms with van der Waals surface area (Å²) in [5, 5.41) is 0. The summed E-state index contributed by atoms with van der Waals surface area (Å²) in [6, 6.07) is 0. The Balaban J connectivity index is 4.79. The van der Waals surface area contributed by atoms with Gasteiger partial charge in [0.15, 0.2) is 0 Å². The summed E-state index contributed by atoms with van der Waals surface area (Å²) in [6.07, 6.45) is 33.9. The second-order valence-electron chi connectivity index (χ2n) is 19.1. The number of esters is 3. The van der Waals surface area contributed by atoms with Gasteiger partial charge in [-0.3, -0.25) is 14.4 Å². The van der Waals surface area contributed by atoms with Crippen molar-refractivity contribution in [1.29, 1.82) is 0 Å². The number of nitrogens with zero attached hydrogens (tertiary/aromatic N) is 1. The van der Waals surface area contributed by atoms with Crippen LogP contribution in [0, 0.1) is 16.7 Å². The number of hydrogen-bond acceptors (Lipinski definition) is 7. The van der Waals surface area contributed by atoms with Gasteiger partial charge in [-0.15, -0.1) is 0 Å². The van der Waals surface area contributed by atoms with E-state index in [1.807, 2.05) is 41.8 Å². The lowest BCUT2D eigenvalue weighted by Gasteiger charge is -2.25. The second kappa shape index (κ2) is 36.2. The number of carbonyl (C=O) groups is 3. The molecule has 0 aliphatic heterocycles. The van der Waals surface area contributed by atoms with Crippen LogP contribution in [-0.4, -0.2) is 62.8 Å². The van der Waals surface area contributed by atoms with Crippen LogP contribution in [0.3, 0.4) is 0 Å². The maximum absolute atomic E-state index is 13.3. The molecular formula is C50H97NO6. The summed E-state index contributed by atoms with van der Waals surface area (Å²) in [4.78, 5) is 41.0. The van der Waals surface area contributed by atoms with Crippen LogP contribution >= 0.6 is 0 Å². The molecule has 0 radical (unpaired) electrons. The van der Waals surface area contributed by atoms with Crippen LogP contribution in [0.1, 0.15) is 248 Å². The van der Waals surface area contributed by atoms with Crippen LogP contribution in [0.25, 0.3) is 0 Å². The first-order valence-corrected chi connectivity index (χ1v) is 24.5. The molecule has 0 saturated heterocycles. The molecule has 0 aliphatic rings. The fourth-order valence-electron chi connectivity index (χ4n) is 7.67. The summed E-state index contributed by atoms with van der Waals surface area (Å²) < 4.78 is 17.7. The maximum atomic E-state index is 13.3. The van der Waals surface area contributed by atoms with Gasteiger partial charge < -0.3 is 19.1 Å². The predicted molar refractivity (Wildman–Crippen MR) is 242 cm³/mol. The Morgan fingerprint density at radius 2 is 0.895 bits per heavy atom. The molecule has 0 bridgehead atoms. The molecule has 0 heterocycles. The molecule has 1 atom stereocenters. The van der Waals surface area contributed by atoms with Crippen molar-refractivity contribution in [1.82, 2.24) is 4.90 Å². The van der Waals surface area contributed by atoms with Crippen molar-refractivity contribution in [2.24, 2.45) is 16.7 Å². The molecule has 0 N–H and O–H groups in total. The third-order valence-corrected chi connectivity index (χ3v) is 11.9. The highest BCUT2D eigenvalue weighted by atomic mass is 16.5. The molecule has 0 saturated carbocycles. The zero-order chi connectivity index (χ0) is 42.6. The molecule has 57 heavy (non-hydrogen) atoms. The molecule has 0 amide bonds. The van der Waals surface area contributed by atoms with E-state index >= 15 is 0 Å². The second-order valence-corrected chi connectivity index (χ2v) is 19.1. The molecule has 0 aliphatic carbocycles. The van der Waals surface area contributed by atoms with Crippen molar-refractivity contribution in [3.63, 3.8) is 0 Å². The lowest BCUT2D eigenvalue weighted by molar-refractivity contribution is -0.156. The van der Waals surface area contributed by atoms with Gasteiger partial charge in [0.1, 0.15) is 6.10 Å². The highest BCUT2D eigenvalue weighted by molar-refractivity contribution is 5.76. The van der Waals surface area contributed by atoms with Gasteiger partial charge in [0.25, 0.3) is 0 Å². The van der Waals surface area contributed by atoms with Gasteiger partial charge in [0.2, 0.25) is 0 Å². The third kappa shape index (κ3) is 32.9. The normalized spacial score (nSPS) is 12.7. The Labute approximate surface area is 354 Å². The maximum Gasteiger partial charge on any atom is 0.311 e. The number of hydrogen-bond donors (Lipinski definition) is 0. The Morgan fingerprint density at radius 3 is 1.37 bits per heavy atom. The van der Waals surface area contributed by atoms with E-state index in [1.165, 1.54) is 109 Å². The first-order chi connectivity index (χ1) is 27.3. The van der Waals surface area contributed by atoms with Gasteiger partial charge in [-0.05, 0) is 118 Å². The Morgan fingerprint density at radius 1 is 0.491 bits per heavy atom. The number of unbranched alkanes of at least 4 members (excludes halogenated alkanes) is 18. The van der Waals surface area contributed by atoms with E-state index in [0.717, 1.165) is 90.0 Å². The summed E-state index contributed by atoms with van der Waals surface area (Å²) in [7, 11) is 4.05. The third-order valence-electron chi connectivity index (χ3n) is 11.9. The summed E-state index contributed by atoms with van der Waals surface area (Å²) in [6.45, 7) is 16.8. The van der Waals surface area contributed by atoms with Gasteiger partial charge in [0, 0.05) is 6.42 Å². The number of rotatable bonds is 41. The first-order valence-electron chi connectivity index (χ1n) is 24.5. The zero-order valence-electron chi connectivity index (χ0n) is 39.6. The largest absolute Gasteiger partial charge is 0.465 e. The quantitative estimate of drug-likeness (QED) is 0.0346. The van der Waals surface area contributed by atoms with E-state index in [1.54, 1.807) is 0 Å². The molecule has 0 aromatic rings. The van der Waals surface area contributed by atoms with E-state index < -0.39 is 10.8 Å². The standard InChI is InChI=1S/C50H97NO6/c1-10-13-16-19-20-23-32-42-55-47(53)49(4,5)39-30-24-28-36-45(57-46(52)38-33-41-51(8)9)37-29-25-31-40-50(6,7)48(54)56-43-44(34-26-21-17-14-11-2)35-27-22-18-15-12-3/h44-45H,10-43H2,1-9H3. The summed E-state index contributed by atoms with van der Waals surface area (Å²) >= 11 is 0. The van der Waals surface area contributed by atoms with E-state index in [9.17, 15) is 14.4 Å². The molecule has 0 aromatic heterocycles. The Kier molecular flexibility index (Phi) is 35.2. The van der Waals surface area contributed by atoms with Gasteiger partial charge in [0.05, 0.1) is 24.0 Å². The van der Waals surface area contributed by atoms with E-state index in [2.05, 4.69) is 25.7 Å². The zero-order valence-corrected chi connectivity index (χ0v) is 39.6. The van der Waals surface area contributed by atoms with Crippen LogP contribution in [0.15, 0.2) is 0 Å². The first kappa shape index (κ1) is 55.4. The summed E-state index contributed by atoms with van der Waals surface area (Å²) in [5.74, 6) is 0.234. The van der Waals surface area contributed by atoms with Gasteiger partial charge in [-0.25, -0.2) is 0 Å². The van der Waals surface area contributed by atoms with E-state index in [4.69, 9.17) is 14.2 Å². The van der Waals surface area contributed by atoms with Crippen molar-refractivity contribution in [3.8, 4) is 0 Å². The Bertz CT molecular complexity index is 948. The molecule has 0 rings (SSSR count). The lowest BCUT2D eigenvalue weighted by Crippen LogP contribution is -2.28. The minimum absolute atomic E-state index is 0.0568. The van der Waals surface area contributed by atoms with Gasteiger partial charge in [-0.2, -0.15) is 0 Å². The van der Waals surface area contributed by atoms with Crippen molar-refractivity contribution >= 4 is 17.9 Å². The SMILES string of the molecule is CCCCCCCCCOC(=O)C(C)(C)CCCCCC(CCCCCC(C)(C)C(=O)OCC(CCCCCCC)CCCCCCC)OC(=O)CCCN(C)C. The molecule has 7 heteroatoms. The fraction of sp³-hybridized carbons (Fsp3) is 0.940. The lowest BCUT2D eigenvalue weighted by atomic mass is 9.86. The molecule has 1 unspecified atom stereocenters. The average Bonchev–Trinajstić information content (AvgIpc) is 3.16. The van der Waals surface area contributed by atoms with E-state index in [0.29, 0.717) is 25.6 Å². The number of carbonyl (C=O) groups excluding carboxylic acids is 3. The van der Waals surface area contributed by atoms with Crippen LogP contribution in [0.2, 0.25) is 0 Å². The fourth-order valence-corrected chi connectivity index (χ4v) is 7.67. The van der Waals surface area contributed by atoms with Crippen molar-refractivity contribution in [2.45, 2.75) is 254 Å². The predicted octanol–water partition coefficient (Wildman–Crippen LogP) is 14.4. The Hall–Kier alpha value is -1.63. The van der Waals surface area contributed by atoms with Crippen molar-refractivity contribution in [2.75, 3.05) is 33.9 Å². The molecule has 7 nitrogen and oxygen atoms in total.